The molecule has 3 nitrogen and oxygen atoms in total. The van der Waals surface area contributed by atoms with Gasteiger partial charge in [0, 0.05) is 4.47 Å². The van der Waals surface area contributed by atoms with Gasteiger partial charge in [-0.15, -0.1) is 0 Å². The van der Waals surface area contributed by atoms with Crippen molar-refractivity contribution < 1.29 is 9.18 Å². The minimum absolute atomic E-state index is 0.255. The molecule has 0 radical (unpaired) electrons. The summed E-state index contributed by atoms with van der Waals surface area (Å²) in [5.41, 5.74) is 6.18. The Bertz CT molecular complexity index is 384. The molecule has 16 heavy (non-hydrogen) atoms. The molecule has 1 unspecified atom stereocenters. The average molecular weight is 289 g/mol. The van der Waals surface area contributed by atoms with Crippen LogP contribution >= 0.6 is 15.9 Å². The molecule has 0 fully saturated rings. The lowest BCUT2D eigenvalue weighted by molar-refractivity contribution is -0.117. The normalized spacial score (nSPS) is 12.2. The van der Waals surface area contributed by atoms with Crippen molar-refractivity contribution in [1.82, 2.24) is 0 Å². The first kappa shape index (κ1) is 13.1. The fourth-order valence-electron chi connectivity index (χ4n) is 1.26. The Balaban J connectivity index is 2.69. The van der Waals surface area contributed by atoms with E-state index in [1.807, 2.05) is 6.92 Å². The molecule has 1 rings (SSSR count). The van der Waals surface area contributed by atoms with Crippen LogP contribution in [0.25, 0.3) is 0 Å². The van der Waals surface area contributed by atoms with Crippen LogP contribution in [0.1, 0.15) is 19.8 Å². The van der Waals surface area contributed by atoms with E-state index < -0.39 is 6.04 Å². The summed E-state index contributed by atoms with van der Waals surface area (Å²) in [6.45, 7) is 1.96. The molecule has 0 bridgehead atoms. The molecule has 0 aromatic heterocycles. The van der Waals surface area contributed by atoms with Gasteiger partial charge in [0.05, 0.1) is 11.7 Å². The lowest BCUT2D eigenvalue weighted by Gasteiger charge is -2.12. The predicted molar refractivity (Wildman–Crippen MR) is 65.6 cm³/mol. The van der Waals surface area contributed by atoms with E-state index in [0.717, 1.165) is 6.42 Å². The second-order valence-corrected chi connectivity index (χ2v) is 4.36. The molecule has 5 heteroatoms. The van der Waals surface area contributed by atoms with Crippen LogP contribution in [0.4, 0.5) is 10.1 Å². The molecule has 0 saturated heterocycles. The van der Waals surface area contributed by atoms with Gasteiger partial charge in [-0.1, -0.05) is 13.3 Å². The van der Waals surface area contributed by atoms with Crippen molar-refractivity contribution in [2.24, 2.45) is 5.73 Å². The summed E-state index contributed by atoms with van der Waals surface area (Å²) >= 11 is 3.17. The smallest absolute Gasteiger partial charge is 0.241 e. The van der Waals surface area contributed by atoms with Crippen LogP contribution in [0.15, 0.2) is 22.7 Å². The maximum absolute atomic E-state index is 12.8. The number of rotatable bonds is 4. The minimum Gasteiger partial charge on any atom is -0.324 e. The Morgan fingerprint density at radius 3 is 2.88 bits per heavy atom. The van der Waals surface area contributed by atoms with E-state index in [1.165, 1.54) is 18.2 Å². The molecule has 0 aliphatic carbocycles. The summed E-state index contributed by atoms with van der Waals surface area (Å²) in [7, 11) is 0. The Kier molecular flexibility index (Phi) is 4.89. The van der Waals surface area contributed by atoms with Gasteiger partial charge in [0.15, 0.2) is 0 Å². The van der Waals surface area contributed by atoms with Gasteiger partial charge in [0.1, 0.15) is 5.82 Å². The van der Waals surface area contributed by atoms with E-state index >= 15 is 0 Å². The summed E-state index contributed by atoms with van der Waals surface area (Å²) in [6.07, 6.45) is 1.48. The van der Waals surface area contributed by atoms with Crippen molar-refractivity contribution in [2.75, 3.05) is 5.32 Å². The molecule has 1 aromatic rings. The molecule has 0 saturated carbocycles. The Morgan fingerprint density at radius 2 is 2.31 bits per heavy atom. The van der Waals surface area contributed by atoms with Gasteiger partial charge in [0.2, 0.25) is 5.91 Å². The highest BCUT2D eigenvalue weighted by atomic mass is 79.9. The van der Waals surface area contributed by atoms with Gasteiger partial charge in [-0.25, -0.2) is 4.39 Å². The largest absolute Gasteiger partial charge is 0.324 e. The Morgan fingerprint density at radius 1 is 1.62 bits per heavy atom. The summed E-state index contributed by atoms with van der Waals surface area (Å²) in [5, 5.41) is 2.64. The van der Waals surface area contributed by atoms with E-state index in [0.29, 0.717) is 16.6 Å². The minimum atomic E-state index is -0.526. The van der Waals surface area contributed by atoms with Crippen molar-refractivity contribution in [2.45, 2.75) is 25.8 Å². The van der Waals surface area contributed by atoms with Crippen molar-refractivity contribution >= 4 is 27.5 Å². The van der Waals surface area contributed by atoms with Crippen molar-refractivity contribution in [3.05, 3.63) is 28.5 Å². The summed E-state index contributed by atoms with van der Waals surface area (Å²) in [5.74, 6) is -0.614. The summed E-state index contributed by atoms with van der Waals surface area (Å²) < 4.78 is 13.3. The van der Waals surface area contributed by atoms with Gasteiger partial charge in [-0.05, 0) is 40.5 Å². The predicted octanol–water partition coefficient (Wildman–Crippen LogP) is 2.65. The number of hydrogen-bond donors (Lipinski definition) is 2. The van der Waals surface area contributed by atoms with Crippen molar-refractivity contribution in [3.8, 4) is 0 Å². The summed E-state index contributed by atoms with van der Waals surface area (Å²) in [6, 6.07) is 3.55. The summed E-state index contributed by atoms with van der Waals surface area (Å²) in [4.78, 5) is 11.6. The third-order valence-electron chi connectivity index (χ3n) is 2.13. The van der Waals surface area contributed by atoms with Gasteiger partial charge in [-0.3, -0.25) is 4.79 Å². The number of carbonyl (C=O) groups excluding carboxylic acids is 1. The molecule has 0 heterocycles. The highest BCUT2D eigenvalue weighted by molar-refractivity contribution is 9.10. The first-order valence-electron chi connectivity index (χ1n) is 5.06. The zero-order valence-corrected chi connectivity index (χ0v) is 10.6. The van der Waals surface area contributed by atoms with Gasteiger partial charge in [0.25, 0.3) is 0 Å². The molecule has 0 aliphatic heterocycles. The van der Waals surface area contributed by atoms with Crippen LogP contribution in [0.2, 0.25) is 0 Å². The lowest BCUT2D eigenvalue weighted by Crippen LogP contribution is -2.35. The van der Waals surface area contributed by atoms with Crippen molar-refractivity contribution in [1.29, 1.82) is 0 Å². The SMILES string of the molecule is CCCC(N)C(=O)Nc1ccc(F)cc1Br. The molecular weight excluding hydrogens is 275 g/mol. The number of nitrogens with two attached hydrogens (primary N) is 1. The zero-order valence-electron chi connectivity index (χ0n) is 8.97. The Hall–Kier alpha value is -0.940. The van der Waals surface area contributed by atoms with Gasteiger partial charge in [-0.2, -0.15) is 0 Å². The van der Waals surface area contributed by atoms with Crippen LogP contribution in [0.3, 0.4) is 0 Å². The van der Waals surface area contributed by atoms with Gasteiger partial charge < -0.3 is 11.1 Å². The van der Waals surface area contributed by atoms with E-state index in [1.54, 1.807) is 0 Å². The highest BCUT2D eigenvalue weighted by Gasteiger charge is 2.13. The quantitative estimate of drug-likeness (QED) is 0.895. The highest BCUT2D eigenvalue weighted by Crippen LogP contribution is 2.23. The third kappa shape index (κ3) is 3.57. The van der Waals surface area contributed by atoms with E-state index in [-0.39, 0.29) is 11.7 Å². The number of hydrogen-bond acceptors (Lipinski definition) is 2. The van der Waals surface area contributed by atoms with E-state index in [2.05, 4.69) is 21.2 Å². The van der Waals surface area contributed by atoms with Crippen LogP contribution in [-0.4, -0.2) is 11.9 Å². The van der Waals surface area contributed by atoms with Crippen LogP contribution in [-0.2, 0) is 4.79 Å². The second-order valence-electron chi connectivity index (χ2n) is 3.51. The molecule has 88 valence electrons. The molecule has 0 spiro atoms. The van der Waals surface area contributed by atoms with E-state index in [4.69, 9.17) is 5.73 Å². The first-order chi connectivity index (χ1) is 7.54. The monoisotopic (exact) mass is 288 g/mol. The molecule has 0 aliphatic rings. The number of amides is 1. The molecule has 1 atom stereocenters. The number of benzene rings is 1. The molecule has 1 amide bonds. The standard InChI is InChI=1S/C11H14BrFN2O/c1-2-3-9(14)11(16)15-10-5-4-7(13)6-8(10)12/h4-6,9H,2-3,14H2,1H3,(H,15,16). The lowest BCUT2D eigenvalue weighted by atomic mass is 10.1. The average Bonchev–Trinajstić information content (AvgIpc) is 2.22. The fraction of sp³-hybridized carbons (Fsp3) is 0.364. The number of halogens is 2. The molecular formula is C11H14BrFN2O. The second kappa shape index (κ2) is 5.96. The van der Waals surface area contributed by atoms with Crippen molar-refractivity contribution in [3.63, 3.8) is 0 Å². The van der Waals surface area contributed by atoms with Gasteiger partial charge >= 0.3 is 0 Å². The van der Waals surface area contributed by atoms with Crippen LogP contribution in [0.5, 0.6) is 0 Å². The molecule has 1 aromatic carbocycles. The fourth-order valence-corrected chi connectivity index (χ4v) is 1.71. The number of nitrogens with one attached hydrogen (secondary N) is 1. The number of carbonyl (C=O) groups is 1. The third-order valence-corrected chi connectivity index (χ3v) is 2.78. The van der Waals surface area contributed by atoms with Crippen LogP contribution < -0.4 is 11.1 Å². The maximum atomic E-state index is 12.8. The topological polar surface area (TPSA) is 55.1 Å². The Labute approximate surface area is 102 Å². The maximum Gasteiger partial charge on any atom is 0.241 e. The molecule has 3 N–H and O–H groups in total. The zero-order chi connectivity index (χ0) is 12.1. The first-order valence-corrected chi connectivity index (χ1v) is 5.85. The number of anilines is 1. The van der Waals surface area contributed by atoms with Crippen LogP contribution in [0, 0.1) is 5.82 Å². The van der Waals surface area contributed by atoms with E-state index in [9.17, 15) is 9.18 Å².